The molecule has 1 aromatic carbocycles. The Kier molecular flexibility index (Phi) is 3.28. The van der Waals surface area contributed by atoms with E-state index in [9.17, 15) is 0 Å². The van der Waals surface area contributed by atoms with Gasteiger partial charge in [-0.25, -0.2) is 0 Å². The molecule has 0 fully saturated rings. The van der Waals surface area contributed by atoms with Crippen molar-refractivity contribution in [3.05, 3.63) is 29.5 Å². The quantitative estimate of drug-likeness (QED) is 0.904. The maximum atomic E-state index is 5.96. The van der Waals surface area contributed by atoms with E-state index in [1.54, 1.807) is 4.68 Å². The summed E-state index contributed by atoms with van der Waals surface area (Å²) in [4.78, 5) is 0. The van der Waals surface area contributed by atoms with Gasteiger partial charge in [-0.2, -0.15) is 5.10 Å². The Balaban J connectivity index is 2.49. The predicted octanol–water partition coefficient (Wildman–Crippen LogP) is 2.68. The van der Waals surface area contributed by atoms with E-state index in [-0.39, 0.29) is 0 Å². The summed E-state index contributed by atoms with van der Waals surface area (Å²) in [5.74, 6) is 1.49. The second kappa shape index (κ2) is 4.72. The molecule has 0 amide bonds. The van der Waals surface area contributed by atoms with Crippen LogP contribution in [0.2, 0.25) is 0 Å². The number of nitrogens with two attached hydrogens (primary N) is 1. The molecule has 0 spiro atoms. The summed E-state index contributed by atoms with van der Waals surface area (Å²) in [5.41, 5.74) is 10.2. The molecule has 2 N–H and O–H groups in total. The van der Waals surface area contributed by atoms with Crippen LogP contribution in [0, 0.1) is 13.8 Å². The number of benzene rings is 1. The zero-order valence-corrected chi connectivity index (χ0v) is 11.3. The molecule has 1 heterocycles. The van der Waals surface area contributed by atoms with Crippen LogP contribution in [0.15, 0.2) is 18.2 Å². The highest BCUT2D eigenvalue weighted by atomic mass is 16.5. The van der Waals surface area contributed by atoms with Crippen molar-refractivity contribution in [1.82, 2.24) is 9.78 Å². The highest BCUT2D eigenvalue weighted by Crippen LogP contribution is 2.31. The van der Waals surface area contributed by atoms with Crippen molar-refractivity contribution in [2.45, 2.75) is 20.8 Å². The lowest BCUT2D eigenvalue weighted by Crippen LogP contribution is -1.95. The summed E-state index contributed by atoms with van der Waals surface area (Å²) in [6, 6.07) is 6.10. The fraction of sp³-hybridized carbons (Fsp3) is 0.357. The standard InChI is InChI=1S/C14H19N3O/c1-5-18-12-7-6-11(8-9(12)2)13-10(3)17(4)16-14(13)15/h6-8H,5H2,1-4H3,(H2,15,16). The first-order chi connectivity index (χ1) is 8.54. The van der Waals surface area contributed by atoms with Gasteiger partial charge in [0.05, 0.1) is 6.61 Å². The van der Waals surface area contributed by atoms with Crippen LogP contribution in [0.1, 0.15) is 18.2 Å². The van der Waals surface area contributed by atoms with Crippen molar-refractivity contribution in [2.24, 2.45) is 7.05 Å². The van der Waals surface area contributed by atoms with Gasteiger partial charge in [-0.15, -0.1) is 0 Å². The van der Waals surface area contributed by atoms with Gasteiger partial charge in [-0.3, -0.25) is 4.68 Å². The first-order valence-electron chi connectivity index (χ1n) is 6.07. The second-order valence-electron chi connectivity index (χ2n) is 4.38. The Morgan fingerprint density at radius 2 is 2.06 bits per heavy atom. The molecule has 0 aliphatic rings. The number of nitrogen functional groups attached to an aromatic ring is 1. The molecular formula is C14H19N3O. The average Bonchev–Trinajstić information content (AvgIpc) is 2.56. The molecule has 0 bridgehead atoms. The molecule has 0 saturated heterocycles. The third kappa shape index (κ3) is 2.06. The Hall–Kier alpha value is -1.97. The molecule has 1 aromatic heterocycles. The Morgan fingerprint density at radius 1 is 1.33 bits per heavy atom. The van der Waals surface area contributed by atoms with Crippen LogP contribution in [-0.4, -0.2) is 16.4 Å². The monoisotopic (exact) mass is 245 g/mol. The van der Waals surface area contributed by atoms with E-state index in [0.29, 0.717) is 12.4 Å². The van der Waals surface area contributed by atoms with Gasteiger partial charge in [0.2, 0.25) is 0 Å². The lowest BCUT2D eigenvalue weighted by atomic mass is 10.0. The van der Waals surface area contributed by atoms with E-state index < -0.39 is 0 Å². The summed E-state index contributed by atoms with van der Waals surface area (Å²) >= 11 is 0. The smallest absolute Gasteiger partial charge is 0.153 e. The molecular weight excluding hydrogens is 226 g/mol. The van der Waals surface area contributed by atoms with E-state index in [1.807, 2.05) is 40.0 Å². The normalized spacial score (nSPS) is 10.7. The maximum Gasteiger partial charge on any atom is 0.153 e. The summed E-state index contributed by atoms with van der Waals surface area (Å²) in [6.45, 7) is 6.71. The zero-order chi connectivity index (χ0) is 13.3. The van der Waals surface area contributed by atoms with Crippen molar-refractivity contribution >= 4 is 5.82 Å². The highest BCUT2D eigenvalue weighted by molar-refractivity contribution is 5.77. The van der Waals surface area contributed by atoms with Crippen molar-refractivity contribution in [3.63, 3.8) is 0 Å². The number of hydrogen-bond donors (Lipinski definition) is 1. The van der Waals surface area contributed by atoms with Crippen LogP contribution < -0.4 is 10.5 Å². The van der Waals surface area contributed by atoms with E-state index in [4.69, 9.17) is 10.5 Å². The lowest BCUT2D eigenvalue weighted by molar-refractivity contribution is 0.338. The minimum Gasteiger partial charge on any atom is -0.494 e. The molecule has 0 unspecified atom stereocenters. The van der Waals surface area contributed by atoms with Gasteiger partial charge in [0.15, 0.2) is 5.82 Å². The number of anilines is 1. The Labute approximate surface area is 107 Å². The zero-order valence-electron chi connectivity index (χ0n) is 11.3. The highest BCUT2D eigenvalue weighted by Gasteiger charge is 2.13. The minimum absolute atomic E-state index is 0.568. The first kappa shape index (κ1) is 12.5. The second-order valence-corrected chi connectivity index (χ2v) is 4.38. The van der Waals surface area contributed by atoms with Gasteiger partial charge < -0.3 is 10.5 Å². The molecule has 18 heavy (non-hydrogen) atoms. The molecule has 0 aliphatic carbocycles. The summed E-state index contributed by atoms with van der Waals surface area (Å²) in [7, 11) is 1.90. The number of ether oxygens (including phenoxy) is 1. The first-order valence-corrected chi connectivity index (χ1v) is 6.07. The van der Waals surface area contributed by atoms with Crippen molar-refractivity contribution in [2.75, 3.05) is 12.3 Å². The number of hydrogen-bond acceptors (Lipinski definition) is 3. The van der Waals surface area contributed by atoms with Gasteiger partial charge >= 0.3 is 0 Å². The predicted molar refractivity (Wildman–Crippen MR) is 73.7 cm³/mol. The molecule has 2 aromatic rings. The fourth-order valence-corrected chi connectivity index (χ4v) is 2.11. The van der Waals surface area contributed by atoms with Crippen LogP contribution in [0.25, 0.3) is 11.1 Å². The lowest BCUT2D eigenvalue weighted by Gasteiger charge is -2.09. The molecule has 2 rings (SSSR count). The van der Waals surface area contributed by atoms with Gasteiger partial charge in [-0.05, 0) is 44.0 Å². The number of nitrogens with zero attached hydrogens (tertiary/aromatic N) is 2. The molecule has 96 valence electrons. The van der Waals surface area contributed by atoms with Gasteiger partial charge in [-0.1, -0.05) is 6.07 Å². The van der Waals surface area contributed by atoms with E-state index in [1.165, 1.54) is 0 Å². The summed E-state index contributed by atoms with van der Waals surface area (Å²) in [6.07, 6.45) is 0. The van der Waals surface area contributed by atoms with Crippen LogP contribution in [0.5, 0.6) is 5.75 Å². The van der Waals surface area contributed by atoms with E-state index >= 15 is 0 Å². The molecule has 0 atom stereocenters. The third-order valence-electron chi connectivity index (χ3n) is 3.12. The van der Waals surface area contributed by atoms with Crippen LogP contribution >= 0.6 is 0 Å². The Bertz CT molecular complexity index is 573. The molecule has 0 aliphatic heterocycles. The summed E-state index contributed by atoms with van der Waals surface area (Å²) in [5, 5.41) is 4.24. The van der Waals surface area contributed by atoms with Gasteiger partial charge in [0, 0.05) is 18.3 Å². The number of rotatable bonds is 3. The van der Waals surface area contributed by atoms with E-state index in [2.05, 4.69) is 11.2 Å². The Morgan fingerprint density at radius 3 is 2.56 bits per heavy atom. The van der Waals surface area contributed by atoms with Crippen LogP contribution in [0.3, 0.4) is 0 Å². The summed E-state index contributed by atoms with van der Waals surface area (Å²) < 4.78 is 7.34. The average molecular weight is 245 g/mol. The third-order valence-corrected chi connectivity index (χ3v) is 3.12. The molecule has 0 saturated carbocycles. The van der Waals surface area contributed by atoms with Crippen LogP contribution in [-0.2, 0) is 7.05 Å². The van der Waals surface area contributed by atoms with Crippen molar-refractivity contribution in [3.8, 4) is 16.9 Å². The van der Waals surface area contributed by atoms with Crippen molar-refractivity contribution < 1.29 is 4.74 Å². The van der Waals surface area contributed by atoms with Crippen LogP contribution in [0.4, 0.5) is 5.82 Å². The van der Waals surface area contributed by atoms with Gasteiger partial charge in [0.25, 0.3) is 0 Å². The number of aryl methyl sites for hydroxylation is 2. The number of aromatic nitrogens is 2. The molecule has 4 nitrogen and oxygen atoms in total. The molecule has 0 radical (unpaired) electrons. The maximum absolute atomic E-state index is 5.96. The SMILES string of the molecule is CCOc1ccc(-c2c(N)nn(C)c2C)cc1C. The topological polar surface area (TPSA) is 53.1 Å². The largest absolute Gasteiger partial charge is 0.494 e. The minimum atomic E-state index is 0.568. The fourth-order valence-electron chi connectivity index (χ4n) is 2.11. The van der Waals surface area contributed by atoms with Crippen molar-refractivity contribution in [1.29, 1.82) is 0 Å². The van der Waals surface area contributed by atoms with E-state index in [0.717, 1.165) is 28.1 Å². The molecule has 4 heteroatoms. The van der Waals surface area contributed by atoms with Gasteiger partial charge in [0.1, 0.15) is 5.75 Å².